The summed E-state index contributed by atoms with van der Waals surface area (Å²) in [6, 6.07) is 0. The Hall–Kier alpha value is -0.780. The van der Waals surface area contributed by atoms with Crippen molar-refractivity contribution in [3.8, 4) is 0 Å². The fourth-order valence-corrected chi connectivity index (χ4v) is 2.38. The van der Waals surface area contributed by atoms with Crippen LogP contribution in [0.4, 0.5) is 0 Å². The molecule has 22 heavy (non-hydrogen) atoms. The number of allylic oxidation sites excluding steroid dienone is 6. The largest absolute Gasteiger partial charge is 0.0882 e. The van der Waals surface area contributed by atoms with Crippen molar-refractivity contribution in [3.63, 3.8) is 0 Å². The second kappa shape index (κ2) is 15.1. The summed E-state index contributed by atoms with van der Waals surface area (Å²) in [6.07, 6.45) is 28.0. The van der Waals surface area contributed by atoms with Gasteiger partial charge in [-0.15, -0.1) is 0 Å². The molecule has 0 aromatic rings. The van der Waals surface area contributed by atoms with Gasteiger partial charge in [-0.1, -0.05) is 89.8 Å². The third kappa shape index (κ3) is 19.2. The molecule has 0 unspecified atom stereocenters. The highest BCUT2D eigenvalue weighted by Gasteiger charge is 2.08. The summed E-state index contributed by atoms with van der Waals surface area (Å²) in [5.41, 5.74) is 0.505. The van der Waals surface area contributed by atoms with Gasteiger partial charge < -0.3 is 0 Å². The molecule has 0 saturated heterocycles. The molecule has 0 bridgehead atoms. The van der Waals surface area contributed by atoms with E-state index < -0.39 is 0 Å². The maximum atomic E-state index is 2.35. The number of hydrogen-bond acceptors (Lipinski definition) is 0. The van der Waals surface area contributed by atoms with E-state index in [2.05, 4.69) is 64.2 Å². The number of unbranched alkanes of at least 4 members (excludes halogenated alkanes) is 6. The Labute approximate surface area is 140 Å². The van der Waals surface area contributed by atoms with Crippen LogP contribution < -0.4 is 0 Å². The molecular formula is C22H40. The lowest BCUT2D eigenvalue weighted by atomic mass is 9.89. The van der Waals surface area contributed by atoms with Crippen molar-refractivity contribution in [2.24, 2.45) is 5.41 Å². The van der Waals surface area contributed by atoms with Crippen LogP contribution in [0.2, 0.25) is 0 Å². The van der Waals surface area contributed by atoms with E-state index in [1.165, 1.54) is 57.8 Å². The minimum atomic E-state index is 0.505. The van der Waals surface area contributed by atoms with Crippen molar-refractivity contribution >= 4 is 0 Å². The van der Waals surface area contributed by atoms with E-state index in [1.807, 2.05) is 0 Å². The van der Waals surface area contributed by atoms with Crippen molar-refractivity contribution in [1.29, 1.82) is 0 Å². The smallest absolute Gasteiger partial charge is 0.0169 e. The van der Waals surface area contributed by atoms with E-state index in [9.17, 15) is 0 Å². The molecule has 0 aliphatic heterocycles. The van der Waals surface area contributed by atoms with E-state index in [0.717, 1.165) is 12.8 Å². The van der Waals surface area contributed by atoms with Crippen molar-refractivity contribution in [2.75, 3.05) is 0 Å². The van der Waals surface area contributed by atoms with E-state index >= 15 is 0 Å². The summed E-state index contributed by atoms with van der Waals surface area (Å²) in [6.45, 7) is 9.25. The van der Waals surface area contributed by atoms with Crippen LogP contribution >= 0.6 is 0 Å². The van der Waals surface area contributed by atoms with Crippen LogP contribution in [0.25, 0.3) is 0 Å². The number of hydrogen-bond donors (Lipinski definition) is 0. The Kier molecular flexibility index (Phi) is 14.6. The van der Waals surface area contributed by atoms with Gasteiger partial charge in [0.05, 0.1) is 0 Å². The molecule has 0 saturated carbocycles. The maximum absolute atomic E-state index is 2.35. The van der Waals surface area contributed by atoms with Crippen LogP contribution in [0, 0.1) is 5.41 Å². The minimum absolute atomic E-state index is 0.505. The predicted octanol–water partition coefficient (Wildman–Crippen LogP) is 8.01. The van der Waals surface area contributed by atoms with Gasteiger partial charge >= 0.3 is 0 Å². The summed E-state index contributed by atoms with van der Waals surface area (Å²) in [5.74, 6) is 0. The molecule has 0 aromatic heterocycles. The second-order valence-corrected chi connectivity index (χ2v) is 7.54. The Balaban J connectivity index is 3.34. The molecule has 0 aliphatic rings. The minimum Gasteiger partial charge on any atom is -0.0882 e. The molecule has 0 radical (unpaired) electrons. The molecule has 0 spiro atoms. The molecule has 0 atom stereocenters. The SMILES string of the molecule is CCCCC/C=C/C/C=C/C/C=C\CCCCCC(C)(C)C. The van der Waals surface area contributed by atoms with Crippen molar-refractivity contribution < 1.29 is 0 Å². The zero-order chi connectivity index (χ0) is 16.5. The molecule has 0 rings (SSSR count). The molecular weight excluding hydrogens is 264 g/mol. The maximum Gasteiger partial charge on any atom is -0.0169 e. The molecule has 0 aliphatic carbocycles. The summed E-state index contributed by atoms with van der Waals surface area (Å²) in [4.78, 5) is 0. The van der Waals surface area contributed by atoms with Crippen molar-refractivity contribution in [1.82, 2.24) is 0 Å². The lowest BCUT2D eigenvalue weighted by Crippen LogP contribution is -2.03. The average molecular weight is 305 g/mol. The first-order valence-corrected chi connectivity index (χ1v) is 9.51. The zero-order valence-electron chi connectivity index (χ0n) is 15.7. The average Bonchev–Trinajstić information content (AvgIpc) is 2.45. The van der Waals surface area contributed by atoms with Gasteiger partial charge in [-0.25, -0.2) is 0 Å². The van der Waals surface area contributed by atoms with Gasteiger partial charge in [0.25, 0.3) is 0 Å². The molecule has 0 fully saturated rings. The normalized spacial score (nSPS) is 13.1. The van der Waals surface area contributed by atoms with Gasteiger partial charge in [0.1, 0.15) is 0 Å². The second-order valence-electron chi connectivity index (χ2n) is 7.54. The Bertz CT molecular complexity index is 298. The Morgan fingerprint density at radius 2 is 1.09 bits per heavy atom. The first-order chi connectivity index (χ1) is 10.6. The highest BCUT2D eigenvalue weighted by Crippen LogP contribution is 2.22. The molecule has 0 N–H and O–H groups in total. The van der Waals surface area contributed by atoms with Gasteiger partial charge in [-0.2, -0.15) is 0 Å². The monoisotopic (exact) mass is 304 g/mol. The highest BCUT2D eigenvalue weighted by molar-refractivity contribution is 4.97. The first-order valence-electron chi connectivity index (χ1n) is 9.51. The topological polar surface area (TPSA) is 0 Å². The molecule has 0 aromatic carbocycles. The van der Waals surface area contributed by atoms with Crippen molar-refractivity contribution in [2.45, 2.75) is 98.3 Å². The van der Waals surface area contributed by atoms with E-state index in [0.29, 0.717) is 5.41 Å². The highest BCUT2D eigenvalue weighted by atomic mass is 14.1. The van der Waals surface area contributed by atoms with Crippen molar-refractivity contribution in [3.05, 3.63) is 36.5 Å². The van der Waals surface area contributed by atoms with Crippen LogP contribution in [0.3, 0.4) is 0 Å². The fourth-order valence-electron chi connectivity index (χ4n) is 2.38. The fraction of sp³-hybridized carbons (Fsp3) is 0.727. The summed E-state index contributed by atoms with van der Waals surface area (Å²) in [5, 5.41) is 0. The Morgan fingerprint density at radius 1 is 0.591 bits per heavy atom. The van der Waals surface area contributed by atoms with Crippen LogP contribution in [-0.4, -0.2) is 0 Å². The van der Waals surface area contributed by atoms with Crippen LogP contribution in [0.5, 0.6) is 0 Å². The lowest BCUT2D eigenvalue weighted by Gasteiger charge is -2.17. The predicted molar refractivity (Wildman–Crippen MR) is 103 cm³/mol. The molecule has 0 heterocycles. The third-order valence-electron chi connectivity index (χ3n) is 3.82. The van der Waals surface area contributed by atoms with Crippen LogP contribution in [0.15, 0.2) is 36.5 Å². The molecule has 0 amide bonds. The molecule has 0 heteroatoms. The third-order valence-corrected chi connectivity index (χ3v) is 3.82. The van der Waals surface area contributed by atoms with Gasteiger partial charge in [0.15, 0.2) is 0 Å². The van der Waals surface area contributed by atoms with Gasteiger partial charge in [-0.3, -0.25) is 0 Å². The van der Waals surface area contributed by atoms with E-state index in [1.54, 1.807) is 0 Å². The lowest BCUT2D eigenvalue weighted by molar-refractivity contribution is 0.358. The summed E-state index contributed by atoms with van der Waals surface area (Å²) < 4.78 is 0. The van der Waals surface area contributed by atoms with Crippen LogP contribution in [-0.2, 0) is 0 Å². The van der Waals surface area contributed by atoms with Gasteiger partial charge in [0.2, 0.25) is 0 Å². The van der Waals surface area contributed by atoms with Gasteiger partial charge in [0, 0.05) is 0 Å². The van der Waals surface area contributed by atoms with Crippen LogP contribution in [0.1, 0.15) is 98.3 Å². The Morgan fingerprint density at radius 3 is 1.59 bits per heavy atom. The molecule has 0 nitrogen and oxygen atoms in total. The zero-order valence-corrected chi connectivity index (χ0v) is 15.7. The quantitative estimate of drug-likeness (QED) is 0.239. The standard InChI is InChI=1S/C22H40/c1-5-6-7-8-9-10-11-12-13-14-15-16-17-18-19-20-21-22(2,3)4/h9-10,12-13,15-16H,5-8,11,14,17-21H2,1-4H3/b10-9+,13-12+,16-15-. The summed E-state index contributed by atoms with van der Waals surface area (Å²) in [7, 11) is 0. The van der Waals surface area contributed by atoms with E-state index in [-0.39, 0.29) is 0 Å². The number of rotatable bonds is 13. The summed E-state index contributed by atoms with van der Waals surface area (Å²) >= 11 is 0. The first kappa shape index (κ1) is 21.2. The van der Waals surface area contributed by atoms with Gasteiger partial charge in [-0.05, 0) is 50.4 Å². The molecule has 128 valence electrons. The van der Waals surface area contributed by atoms with E-state index in [4.69, 9.17) is 0 Å².